The Morgan fingerprint density at radius 2 is 1.57 bits per heavy atom. The Morgan fingerprint density at radius 3 is 2.43 bits per heavy atom. The first-order valence-corrected chi connectivity index (χ1v) is 9.03. The van der Waals surface area contributed by atoms with E-state index in [4.69, 9.17) is 4.98 Å². The van der Waals surface area contributed by atoms with Crippen molar-refractivity contribution in [2.75, 3.05) is 0 Å². The lowest BCUT2D eigenvalue weighted by Crippen LogP contribution is -2.31. The van der Waals surface area contributed by atoms with Crippen LogP contribution in [0.15, 0.2) is 83.7 Å². The second-order valence-electron chi connectivity index (χ2n) is 6.83. The molecule has 1 N–H and O–H groups in total. The fourth-order valence-electron chi connectivity index (χ4n) is 4.10. The van der Waals surface area contributed by atoms with E-state index < -0.39 is 0 Å². The molecule has 28 heavy (non-hydrogen) atoms. The summed E-state index contributed by atoms with van der Waals surface area (Å²) in [5, 5.41) is 12.1. The maximum absolute atomic E-state index is 13.6. The van der Waals surface area contributed by atoms with E-state index in [1.54, 1.807) is 8.80 Å². The maximum atomic E-state index is 13.6. The Bertz CT molecular complexity index is 1590. The zero-order valence-electron chi connectivity index (χ0n) is 14.7. The van der Waals surface area contributed by atoms with Crippen molar-refractivity contribution in [2.24, 2.45) is 0 Å². The Labute approximate surface area is 158 Å². The van der Waals surface area contributed by atoms with Gasteiger partial charge in [0.1, 0.15) is 11.0 Å². The Kier molecular flexibility index (Phi) is 2.84. The summed E-state index contributed by atoms with van der Waals surface area (Å²) in [7, 11) is 0. The molecule has 0 fully saturated rings. The second kappa shape index (κ2) is 5.27. The summed E-state index contributed by atoms with van der Waals surface area (Å²) in [4.78, 5) is 18.4. The summed E-state index contributed by atoms with van der Waals surface area (Å²) < 4.78 is 3.40. The van der Waals surface area contributed by atoms with Gasteiger partial charge in [0.2, 0.25) is 0 Å². The number of fused-ring (bicyclic) bond motifs is 5. The molecule has 0 radical (unpaired) electrons. The van der Waals surface area contributed by atoms with Gasteiger partial charge in [0.25, 0.3) is 0 Å². The number of nitrogens with zero attached hydrogens (tertiary/aromatic N) is 3. The first-order chi connectivity index (χ1) is 13.8. The van der Waals surface area contributed by atoms with Crippen LogP contribution in [0.5, 0.6) is 5.88 Å². The zero-order chi connectivity index (χ0) is 18.8. The normalized spacial score (nSPS) is 11.9. The second-order valence-corrected chi connectivity index (χ2v) is 6.83. The van der Waals surface area contributed by atoms with Gasteiger partial charge < -0.3 is 5.11 Å². The zero-order valence-corrected chi connectivity index (χ0v) is 14.7. The molecular weight excluding hydrogens is 350 g/mol. The number of aromatic hydroxyl groups is 1. The third-order valence-corrected chi connectivity index (χ3v) is 5.31. The van der Waals surface area contributed by atoms with Crippen molar-refractivity contribution in [3.8, 4) is 17.0 Å². The minimum atomic E-state index is -0.261. The van der Waals surface area contributed by atoms with Gasteiger partial charge in [-0.2, -0.15) is 8.80 Å². The van der Waals surface area contributed by atoms with Crippen LogP contribution in [-0.4, -0.2) is 14.5 Å². The molecule has 0 amide bonds. The predicted molar refractivity (Wildman–Crippen MR) is 108 cm³/mol. The molecule has 3 aromatic heterocycles. The van der Waals surface area contributed by atoms with Gasteiger partial charge in [0.05, 0.1) is 5.39 Å². The number of rotatable bonds is 1. The number of aromatic nitrogens is 3. The molecule has 0 atom stereocenters. The smallest absolute Gasteiger partial charge is 0.354 e. The van der Waals surface area contributed by atoms with Gasteiger partial charge >= 0.3 is 17.1 Å². The van der Waals surface area contributed by atoms with Crippen LogP contribution in [0, 0.1) is 0 Å². The van der Waals surface area contributed by atoms with Crippen molar-refractivity contribution in [3.63, 3.8) is 0 Å². The molecule has 3 aromatic carbocycles. The van der Waals surface area contributed by atoms with E-state index in [2.05, 4.69) is 0 Å². The predicted octanol–water partition coefficient (Wildman–Crippen LogP) is 3.55. The molecule has 6 aromatic rings. The number of hydrogen-bond acceptors (Lipinski definition) is 3. The van der Waals surface area contributed by atoms with Crippen LogP contribution >= 0.6 is 0 Å². The van der Waals surface area contributed by atoms with Crippen LogP contribution in [0.3, 0.4) is 0 Å². The van der Waals surface area contributed by atoms with Crippen LogP contribution in [-0.2, 0) is 0 Å². The quantitative estimate of drug-likeness (QED) is 0.359. The van der Waals surface area contributed by atoms with Crippen molar-refractivity contribution in [1.82, 2.24) is 9.38 Å². The average molecular weight is 364 g/mol. The fraction of sp³-hybridized carbons (Fsp3) is 0. The molecule has 132 valence electrons. The third-order valence-electron chi connectivity index (χ3n) is 5.31. The van der Waals surface area contributed by atoms with E-state index in [1.165, 1.54) is 0 Å². The Morgan fingerprint density at radius 1 is 0.857 bits per heavy atom. The van der Waals surface area contributed by atoms with Gasteiger partial charge in [0, 0.05) is 0 Å². The van der Waals surface area contributed by atoms with Gasteiger partial charge in [-0.25, -0.2) is 9.78 Å². The molecule has 0 saturated carbocycles. The van der Waals surface area contributed by atoms with Crippen molar-refractivity contribution >= 4 is 33.1 Å². The topological polar surface area (TPSA) is 58.7 Å². The van der Waals surface area contributed by atoms with E-state index in [-0.39, 0.29) is 17.0 Å². The lowest BCUT2D eigenvalue weighted by Gasteiger charge is -2.05. The van der Waals surface area contributed by atoms with E-state index in [0.29, 0.717) is 22.2 Å². The molecule has 0 aliphatic carbocycles. The standard InChI is InChI=1S/C23H13N3O2/c27-22-19(14-8-2-1-3-9-14)23(28)26-18-13-7-5-11-16(18)24-20-15-10-4-6-12-17(15)25(22)21(20)26/h1-13H/p+1. The summed E-state index contributed by atoms with van der Waals surface area (Å²) in [6.07, 6.45) is 0. The number of hydrogen-bond donors (Lipinski definition) is 1. The molecule has 5 heteroatoms. The van der Waals surface area contributed by atoms with E-state index in [9.17, 15) is 9.90 Å². The lowest BCUT2D eigenvalue weighted by atomic mass is 10.1. The first kappa shape index (κ1) is 15.1. The first-order valence-electron chi connectivity index (χ1n) is 9.03. The summed E-state index contributed by atoms with van der Waals surface area (Å²) in [5.74, 6) is -0.0699. The highest BCUT2D eigenvalue weighted by Crippen LogP contribution is 2.30. The summed E-state index contributed by atoms with van der Waals surface area (Å²) in [5.41, 5.74) is 4.23. The molecule has 3 heterocycles. The summed E-state index contributed by atoms with van der Waals surface area (Å²) in [6.45, 7) is 0. The molecule has 0 spiro atoms. The van der Waals surface area contributed by atoms with Gasteiger partial charge in [-0.3, -0.25) is 0 Å². The SMILES string of the molecule is O=c1c(-c2ccccc2)c(O)[n+]2c3ccccc3c3nc4ccccc4n1c32. The Hall–Kier alpha value is -3.99. The average Bonchev–Trinajstić information content (AvgIpc) is 3.06. The molecule has 0 aliphatic heterocycles. The van der Waals surface area contributed by atoms with Gasteiger partial charge in [-0.05, 0) is 29.8 Å². The van der Waals surface area contributed by atoms with E-state index in [1.807, 2.05) is 78.9 Å². The molecule has 0 bridgehead atoms. The fourth-order valence-corrected chi connectivity index (χ4v) is 4.10. The summed E-state index contributed by atoms with van der Waals surface area (Å²) in [6, 6.07) is 24.6. The minimum Gasteiger partial charge on any atom is -0.477 e. The van der Waals surface area contributed by atoms with Gasteiger partial charge in [-0.1, -0.05) is 54.6 Å². The van der Waals surface area contributed by atoms with Gasteiger partial charge in [0.15, 0.2) is 16.6 Å². The van der Waals surface area contributed by atoms with Crippen LogP contribution in [0.25, 0.3) is 44.2 Å². The molecule has 0 saturated heterocycles. The van der Waals surface area contributed by atoms with Crippen LogP contribution < -0.4 is 9.96 Å². The molecule has 5 nitrogen and oxygen atoms in total. The van der Waals surface area contributed by atoms with Crippen molar-refractivity contribution in [2.45, 2.75) is 0 Å². The highest BCUT2D eigenvalue weighted by Gasteiger charge is 2.31. The largest absolute Gasteiger partial charge is 0.477 e. The molecular formula is C23H14N3O2+. The van der Waals surface area contributed by atoms with E-state index >= 15 is 0 Å². The monoisotopic (exact) mass is 364 g/mol. The van der Waals surface area contributed by atoms with Crippen LogP contribution in [0.4, 0.5) is 0 Å². The highest BCUT2D eigenvalue weighted by atomic mass is 16.3. The third kappa shape index (κ3) is 1.77. The minimum absolute atomic E-state index is 0.0699. The van der Waals surface area contributed by atoms with Crippen molar-refractivity contribution in [3.05, 3.63) is 89.2 Å². The van der Waals surface area contributed by atoms with Crippen LogP contribution in [0.2, 0.25) is 0 Å². The lowest BCUT2D eigenvalue weighted by molar-refractivity contribution is -0.493. The number of para-hydroxylation sites is 3. The van der Waals surface area contributed by atoms with E-state index in [0.717, 1.165) is 16.4 Å². The molecule has 0 unspecified atom stereocenters. The molecule has 6 rings (SSSR count). The molecule has 0 aliphatic rings. The van der Waals surface area contributed by atoms with Crippen molar-refractivity contribution in [1.29, 1.82) is 0 Å². The van der Waals surface area contributed by atoms with Crippen molar-refractivity contribution < 1.29 is 9.51 Å². The highest BCUT2D eigenvalue weighted by molar-refractivity contribution is 6.03. The number of benzene rings is 3. The van der Waals surface area contributed by atoms with Crippen LogP contribution in [0.1, 0.15) is 0 Å². The maximum Gasteiger partial charge on any atom is 0.354 e. The Balaban J connectivity index is 2.02. The van der Waals surface area contributed by atoms with Gasteiger partial charge in [-0.15, -0.1) is 0 Å². The summed E-state index contributed by atoms with van der Waals surface area (Å²) >= 11 is 0.